The molecule has 13 aromatic carbocycles. The first-order valence-corrected chi connectivity index (χ1v) is 28.1. The van der Waals surface area contributed by atoms with Gasteiger partial charge in [0.05, 0.1) is 27.5 Å². The van der Waals surface area contributed by atoms with Crippen LogP contribution in [0.15, 0.2) is 315 Å². The molecule has 0 amide bonds. The average molecular weight is 1030 g/mol. The number of rotatable bonds is 9. The van der Waals surface area contributed by atoms with Gasteiger partial charge >= 0.3 is 0 Å². The Hall–Kier alpha value is -10.5. The van der Waals surface area contributed by atoms with E-state index < -0.39 is 5.41 Å². The second kappa shape index (κ2) is 18.8. The highest BCUT2D eigenvalue weighted by Gasteiger charge is 2.46. The molecule has 0 radical (unpaired) electrons. The van der Waals surface area contributed by atoms with Crippen molar-refractivity contribution < 1.29 is 0 Å². The topological polar surface area (TPSA) is 9.86 Å². The average Bonchev–Trinajstić information content (AvgIpc) is 4.20. The van der Waals surface area contributed by atoms with Crippen LogP contribution in [0.2, 0.25) is 0 Å². The molecule has 0 fully saturated rings. The van der Waals surface area contributed by atoms with Crippen LogP contribution in [-0.4, -0.2) is 9.13 Å². The van der Waals surface area contributed by atoms with Crippen LogP contribution in [0.5, 0.6) is 0 Å². The van der Waals surface area contributed by atoms with Crippen LogP contribution in [0, 0.1) is 0 Å². The molecule has 15 aromatic rings. The number of benzene rings is 13. The van der Waals surface area contributed by atoms with Crippen LogP contribution < -0.4 is 0 Å². The minimum atomic E-state index is -0.446. The molecule has 0 atom stereocenters. The summed E-state index contributed by atoms with van der Waals surface area (Å²) in [5.74, 6) is 0. The molecule has 0 unspecified atom stereocenters. The van der Waals surface area contributed by atoms with Gasteiger partial charge in [-0.05, 0) is 156 Å². The molecule has 0 N–H and O–H groups in total. The fraction of sp³-hybridized carbons (Fsp3) is 0.0127. The van der Waals surface area contributed by atoms with Gasteiger partial charge in [-0.2, -0.15) is 0 Å². The predicted molar refractivity (Wildman–Crippen MR) is 340 cm³/mol. The summed E-state index contributed by atoms with van der Waals surface area (Å²) >= 11 is 0. The quantitative estimate of drug-likeness (QED) is 0.136. The number of hydrogen-bond acceptors (Lipinski definition) is 0. The van der Waals surface area contributed by atoms with Crippen molar-refractivity contribution >= 4 is 43.6 Å². The Morgan fingerprint density at radius 2 is 0.568 bits per heavy atom. The van der Waals surface area contributed by atoms with Crippen molar-refractivity contribution in [2.45, 2.75) is 5.41 Å². The highest BCUT2D eigenvalue weighted by molar-refractivity contribution is 6.13. The minimum Gasteiger partial charge on any atom is -0.309 e. The molecular weight excluding hydrogens is 977 g/mol. The van der Waals surface area contributed by atoms with Gasteiger partial charge in [-0.3, -0.25) is 0 Å². The van der Waals surface area contributed by atoms with E-state index in [1.807, 2.05) is 0 Å². The van der Waals surface area contributed by atoms with Crippen molar-refractivity contribution in [1.82, 2.24) is 9.13 Å². The lowest BCUT2D eigenvalue weighted by Crippen LogP contribution is -2.28. The van der Waals surface area contributed by atoms with E-state index in [-0.39, 0.29) is 0 Å². The van der Waals surface area contributed by atoms with Crippen molar-refractivity contribution in [2.24, 2.45) is 0 Å². The highest BCUT2D eigenvalue weighted by Crippen LogP contribution is 2.56. The summed E-state index contributed by atoms with van der Waals surface area (Å²) in [6, 6.07) is 116. The molecule has 2 heteroatoms. The third-order valence-corrected chi connectivity index (χ3v) is 17.2. The van der Waals surface area contributed by atoms with E-state index in [9.17, 15) is 0 Å². The lowest BCUT2D eigenvalue weighted by atomic mass is 9.67. The second-order valence-electron chi connectivity index (χ2n) is 21.5. The van der Waals surface area contributed by atoms with Crippen molar-refractivity contribution in [1.29, 1.82) is 0 Å². The Kier molecular flexibility index (Phi) is 10.8. The van der Waals surface area contributed by atoms with E-state index in [0.717, 1.165) is 11.4 Å². The predicted octanol–water partition coefficient (Wildman–Crippen LogP) is 20.6. The van der Waals surface area contributed by atoms with E-state index in [2.05, 4.69) is 325 Å². The van der Waals surface area contributed by atoms with Crippen LogP contribution in [0.25, 0.3) is 122 Å². The van der Waals surface area contributed by atoms with Gasteiger partial charge in [0.2, 0.25) is 0 Å². The Balaban J connectivity index is 0.741. The minimum absolute atomic E-state index is 0.446. The Bertz CT molecular complexity index is 4880. The van der Waals surface area contributed by atoms with Gasteiger partial charge in [0, 0.05) is 32.9 Å². The maximum absolute atomic E-state index is 2.44. The van der Waals surface area contributed by atoms with Crippen molar-refractivity contribution in [3.8, 4) is 78.1 Å². The van der Waals surface area contributed by atoms with E-state index in [1.165, 1.54) is 133 Å². The van der Waals surface area contributed by atoms with Crippen LogP contribution in [0.4, 0.5) is 0 Å². The van der Waals surface area contributed by atoms with Crippen molar-refractivity contribution in [2.75, 3.05) is 0 Å². The van der Waals surface area contributed by atoms with E-state index in [1.54, 1.807) is 0 Å². The van der Waals surface area contributed by atoms with Gasteiger partial charge in [-0.25, -0.2) is 0 Å². The standard InChI is InChI=1S/C79H52N2/c1-3-20-53(21-4-1)57-23-18-28-63(49-57)80-75-38-15-11-34-69(75)71-51-58(44-46-77(71)80)59-45-47-78-72(52-59)70-35-12-16-39-76(70)81(78)64-29-19-24-60(50-64)66-31-8-7-30-65(66)55-42-40-54(41-43-55)56-22-17-27-62(48-56)79(61-25-5-2-6-26-61)73-36-13-9-32-67(73)68-33-10-14-37-74(68)79/h1-52H. The van der Waals surface area contributed by atoms with Crippen LogP contribution in [0.3, 0.4) is 0 Å². The van der Waals surface area contributed by atoms with E-state index in [4.69, 9.17) is 0 Å². The third kappa shape index (κ3) is 7.42. The number of nitrogens with zero attached hydrogens (tertiary/aromatic N) is 2. The van der Waals surface area contributed by atoms with Crippen molar-refractivity contribution in [3.05, 3.63) is 338 Å². The maximum Gasteiger partial charge on any atom is 0.0713 e. The van der Waals surface area contributed by atoms with Gasteiger partial charge in [0.25, 0.3) is 0 Å². The molecular formula is C79H52N2. The summed E-state index contributed by atoms with van der Waals surface area (Å²) in [5.41, 5.74) is 26.3. The molecule has 378 valence electrons. The summed E-state index contributed by atoms with van der Waals surface area (Å²) in [6.45, 7) is 0. The van der Waals surface area contributed by atoms with Crippen molar-refractivity contribution in [3.63, 3.8) is 0 Å². The SMILES string of the molecule is c1ccc(-c2cccc(-n3c4ccccc4c4cc(-c5ccc6c(c5)c5ccccc5n6-c5cccc(-c6ccccc6-c6ccc(-c7cccc(C8(c9ccccc9)c9ccccc9-c9ccccc98)c7)cc6)c5)ccc43)c2)cc1. The summed E-state index contributed by atoms with van der Waals surface area (Å²) in [4.78, 5) is 0. The third-order valence-electron chi connectivity index (χ3n) is 17.2. The normalized spacial score (nSPS) is 12.5. The highest BCUT2D eigenvalue weighted by atomic mass is 15.0. The Morgan fingerprint density at radius 3 is 1.16 bits per heavy atom. The Labute approximate surface area is 471 Å². The summed E-state index contributed by atoms with van der Waals surface area (Å²) in [6.07, 6.45) is 0. The molecule has 0 saturated heterocycles. The van der Waals surface area contributed by atoms with Crippen LogP contribution in [-0.2, 0) is 5.41 Å². The molecule has 16 rings (SSSR count). The fourth-order valence-corrected chi connectivity index (χ4v) is 13.6. The molecule has 2 nitrogen and oxygen atoms in total. The molecule has 81 heavy (non-hydrogen) atoms. The fourth-order valence-electron chi connectivity index (χ4n) is 13.6. The van der Waals surface area contributed by atoms with E-state index >= 15 is 0 Å². The van der Waals surface area contributed by atoms with Gasteiger partial charge in [-0.1, -0.05) is 249 Å². The zero-order chi connectivity index (χ0) is 53.4. The second-order valence-corrected chi connectivity index (χ2v) is 21.5. The molecule has 0 aliphatic heterocycles. The largest absolute Gasteiger partial charge is 0.309 e. The van der Waals surface area contributed by atoms with Gasteiger partial charge < -0.3 is 9.13 Å². The first-order valence-electron chi connectivity index (χ1n) is 28.1. The summed E-state index contributed by atoms with van der Waals surface area (Å²) < 4.78 is 4.85. The number of para-hydroxylation sites is 2. The molecule has 2 heterocycles. The lowest BCUT2D eigenvalue weighted by Gasteiger charge is -2.34. The molecule has 0 spiro atoms. The number of aromatic nitrogens is 2. The van der Waals surface area contributed by atoms with Crippen LogP contribution in [0.1, 0.15) is 22.3 Å². The number of fused-ring (bicyclic) bond motifs is 9. The van der Waals surface area contributed by atoms with Gasteiger partial charge in [0.1, 0.15) is 0 Å². The first kappa shape index (κ1) is 46.5. The zero-order valence-electron chi connectivity index (χ0n) is 44.4. The molecule has 0 bridgehead atoms. The Morgan fingerprint density at radius 1 is 0.198 bits per heavy atom. The molecule has 1 aliphatic rings. The maximum atomic E-state index is 2.44. The van der Waals surface area contributed by atoms with Gasteiger partial charge in [-0.15, -0.1) is 0 Å². The molecule has 1 aliphatic carbocycles. The first-order chi connectivity index (χ1) is 40.2. The lowest BCUT2D eigenvalue weighted by molar-refractivity contribution is 0.769. The smallest absolute Gasteiger partial charge is 0.0713 e. The van der Waals surface area contributed by atoms with Crippen LogP contribution >= 0.6 is 0 Å². The molecule has 0 saturated carbocycles. The van der Waals surface area contributed by atoms with Gasteiger partial charge in [0.15, 0.2) is 0 Å². The van der Waals surface area contributed by atoms with E-state index in [0.29, 0.717) is 0 Å². The zero-order valence-corrected chi connectivity index (χ0v) is 44.4. The monoisotopic (exact) mass is 1030 g/mol. The summed E-state index contributed by atoms with van der Waals surface area (Å²) in [7, 11) is 0. The molecule has 2 aromatic heterocycles. The number of hydrogen-bond donors (Lipinski definition) is 0. The summed E-state index contributed by atoms with van der Waals surface area (Å²) in [5, 5.41) is 4.94.